The Bertz CT molecular complexity index is 1830. The van der Waals surface area contributed by atoms with Crippen molar-refractivity contribution in [2.75, 3.05) is 0 Å². The summed E-state index contributed by atoms with van der Waals surface area (Å²) in [5, 5.41) is 12.4. The van der Waals surface area contributed by atoms with E-state index in [2.05, 4.69) is 118 Å². The van der Waals surface area contributed by atoms with Crippen LogP contribution in [0, 0.1) is 0 Å². The summed E-state index contributed by atoms with van der Waals surface area (Å²) in [5.74, 6) is 1.07. The van der Waals surface area contributed by atoms with Crippen LogP contribution in [0.25, 0.3) is 59.6 Å². The van der Waals surface area contributed by atoms with Gasteiger partial charge in [0.1, 0.15) is 0 Å². The SMILES string of the molecule is CC(C)c1ccc2cc3c(cc2c1)c1cc([Si](C)C)cc2c4cc5cc(C(C)C)ccc5cc4n3c12. The first-order valence-electron chi connectivity index (χ1n) is 13.2. The van der Waals surface area contributed by atoms with E-state index in [0.717, 1.165) is 0 Å². The first-order chi connectivity index (χ1) is 17.3. The zero-order valence-electron chi connectivity index (χ0n) is 22.0. The van der Waals surface area contributed by atoms with Crippen molar-refractivity contribution in [2.45, 2.75) is 52.6 Å². The van der Waals surface area contributed by atoms with Gasteiger partial charge in [0.25, 0.3) is 0 Å². The quantitative estimate of drug-likeness (QED) is 0.221. The topological polar surface area (TPSA) is 4.41 Å². The molecule has 0 unspecified atom stereocenters. The molecule has 2 aromatic heterocycles. The Balaban J connectivity index is 1.67. The molecule has 0 aliphatic rings. The minimum atomic E-state index is -0.588. The second-order valence-corrected chi connectivity index (χ2v) is 14.1. The Morgan fingerprint density at radius 3 is 1.42 bits per heavy atom. The van der Waals surface area contributed by atoms with Gasteiger partial charge in [0, 0.05) is 21.5 Å². The van der Waals surface area contributed by atoms with Gasteiger partial charge in [-0.3, -0.25) is 0 Å². The van der Waals surface area contributed by atoms with E-state index >= 15 is 0 Å². The standard InChI is InChI=1S/C34H32NSi/c1-19(2)21-7-9-23-15-32-28(13-25(23)11-21)30-17-27(36(5)6)18-31-29-14-26-12-22(20(3)4)8-10-24(26)16-33(29)35(32)34(30)31/h7-20H,1-6H3. The van der Waals surface area contributed by atoms with E-state index in [1.165, 1.54) is 76.0 Å². The maximum absolute atomic E-state index is 2.54. The third-order valence-corrected chi connectivity index (χ3v) is 9.71. The zero-order valence-corrected chi connectivity index (χ0v) is 23.0. The average molecular weight is 483 g/mol. The fourth-order valence-corrected chi connectivity index (χ4v) is 6.94. The van der Waals surface area contributed by atoms with Crippen LogP contribution in [0.3, 0.4) is 0 Å². The van der Waals surface area contributed by atoms with Crippen molar-refractivity contribution in [1.82, 2.24) is 4.40 Å². The predicted molar refractivity (Wildman–Crippen MR) is 161 cm³/mol. The molecule has 2 heteroatoms. The summed E-state index contributed by atoms with van der Waals surface area (Å²) < 4.78 is 2.54. The molecular weight excluding hydrogens is 450 g/mol. The third kappa shape index (κ3) is 3.00. The Labute approximate surface area is 214 Å². The summed E-state index contributed by atoms with van der Waals surface area (Å²) in [7, 11) is -0.588. The summed E-state index contributed by atoms with van der Waals surface area (Å²) in [6.45, 7) is 13.9. The lowest BCUT2D eigenvalue weighted by Gasteiger charge is -2.09. The van der Waals surface area contributed by atoms with Crippen LogP contribution in [0.15, 0.2) is 72.8 Å². The number of aromatic nitrogens is 1. The molecular formula is C34H32NSi. The van der Waals surface area contributed by atoms with Gasteiger partial charge >= 0.3 is 0 Å². The molecule has 7 aromatic rings. The van der Waals surface area contributed by atoms with E-state index in [1.54, 1.807) is 0 Å². The Morgan fingerprint density at radius 2 is 1.00 bits per heavy atom. The number of hydrogen-bond donors (Lipinski definition) is 0. The first-order valence-corrected chi connectivity index (χ1v) is 15.7. The van der Waals surface area contributed by atoms with Crippen LogP contribution in [0.4, 0.5) is 0 Å². The molecule has 0 fully saturated rings. The lowest BCUT2D eigenvalue weighted by molar-refractivity contribution is 0.869. The molecule has 0 saturated heterocycles. The van der Waals surface area contributed by atoms with Crippen LogP contribution in [0.5, 0.6) is 0 Å². The summed E-state index contributed by atoms with van der Waals surface area (Å²) in [6, 6.07) is 28.7. The number of nitrogens with zero attached hydrogens (tertiary/aromatic N) is 1. The molecule has 0 saturated carbocycles. The number of benzene rings is 5. The Morgan fingerprint density at radius 1 is 0.528 bits per heavy atom. The highest BCUT2D eigenvalue weighted by Crippen LogP contribution is 2.41. The number of hydrogen-bond acceptors (Lipinski definition) is 0. The van der Waals surface area contributed by atoms with E-state index in [0.29, 0.717) is 11.8 Å². The molecule has 1 nitrogen and oxygen atoms in total. The average Bonchev–Trinajstić information content (AvgIpc) is 3.35. The normalized spacial score (nSPS) is 12.9. The van der Waals surface area contributed by atoms with Gasteiger partial charge in [-0.15, -0.1) is 0 Å². The van der Waals surface area contributed by atoms with E-state index in [9.17, 15) is 0 Å². The van der Waals surface area contributed by atoms with Crippen LogP contribution in [-0.4, -0.2) is 13.2 Å². The van der Waals surface area contributed by atoms with Gasteiger partial charge in [-0.1, -0.05) is 94.5 Å². The molecule has 0 spiro atoms. The Hall–Kier alpha value is -3.36. The molecule has 0 N–H and O–H groups in total. The molecule has 0 bridgehead atoms. The van der Waals surface area contributed by atoms with Crippen molar-refractivity contribution in [3.8, 4) is 0 Å². The van der Waals surface area contributed by atoms with Crippen LogP contribution in [0.1, 0.15) is 50.7 Å². The predicted octanol–water partition coefficient (Wildman–Crippen LogP) is 9.35. The molecule has 5 aromatic carbocycles. The van der Waals surface area contributed by atoms with Crippen LogP contribution in [-0.2, 0) is 0 Å². The van der Waals surface area contributed by atoms with Gasteiger partial charge in [-0.05, 0) is 68.8 Å². The summed E-state index contributed by atoms with van der Waals surface area (Å²) in [5.41, 5.74) is 6.84. The van der Waals surface area contributed by atoms with Crippen molar-refractivity contribution >= 4 is 73.6 Å². The van der Waals surface area contributed by atoms with Gasteiger partial charge in [0.15, 0.2) is 0 Å². The second kappa shape index (κ2) is 7.57. The molecule has 0 atom stereocenters. The van der Waals surface area contributed by atoms with Crippen LogP contribution < -0.4 is 5.19 Å². The number of rotatable bonds is 3. The lowest BCUT2D eigenvalue weighted by atomic mass is 9.97. The van der Waals surface area contributed by atoms with E-state index < -0.39 is 8.80 Å². The van der Waals surface area contributed by atoms with Gasteiger partial charge < -0.3 is 4.40 Å². The van der Waals surface area contributed by atoms with Gasteiger partial charge in [-0.25, -0.2) is 0 Å². The van der Waals surface area contributed by atoms with Crippen LogP contribution >= 0.6 is 0 Å². The Kier molecular flexibility index (Phi) is 4.60. The molecule has 36 heavy (non-hydrogen) atoms. The molecule has 0 amide bonds. The van der Waals surface area contributed by atoms with Crippen molar-refractivity contribution < 1.29 is 0 Å². The first kappa shape index (κ1) is 21.9. The van der Waals surface area contributed by atoms with E-state index in [1.807, 2.05) is 0 Å². The fourth-order valence-electron chi connectivity index (χ4n) is 6.07. The summed E-state index contributed by atoms with van der Waals surface area (Å²) in [4.78, 5) is 0. The largest absolute Gasteiger partial charge is 0.308 e. The fraction of sp³-hybridized carbons (Fsp3) is 0.235. The summed E-state index contributed by atoms with van der Waals surface area (Å²) >= 11 is 0. The highest BCUT2D eigenvalue weighted by molar-refractivity contribution is 6.71. The minimum absolute atomic E-state index is 0.533. The van der Waals surface area contributed by atoms with Crippen LogP contribution in [0.2, 0.25) is 13.1 Å². The van der Waals surface area contributed by atoms with E-state index in [4.69, 9.17) is 0 Å². The maximum Gasteiger partial charge on any atom is 0.0792 e. The van der Waals surface area contributed by atoms with Gasteiger partial charge in [-0.2, -0.15) is 0 Å². The highest BCUT2D eigenvalue weighted by Gasteiger charge is 2.20. The van der Waals surface area contributed by atoms with Crippen molar-refractivity contribution in [2.24, 2.45) is 0 Å². The van der Waals surface area contributed by atoms with Crippen molar-refractivity contribution in [3.05, 3.63) is 83.9 Å². The van der Waals surface area contributed by atoms with Crippen molar-refractivity contribution in [1.29, 1.82) is 0 Å². The maximum atomic E-state index is 2.54. The number of fused-ring (bicyclic) bond motifs is 8. The molecule has 0 aliphatic carbocycles. The van der Waals surface area contributed by atoms with Gasteiger partial charge in [0.05, 0.1) is 25.3 Å². The molecule has 0 aliphatic heterocycles. The second-order valence-electron chi connectivity index (χ2n) is 11.5. The highest BCUT2D eigenvalue weighted by atomic mass is 28.3. The molecule has 177 valence electrons. The zero-order chi connectivity index (χ0) is 24.9. The summed E-state index contributed by atoms with van der Waals surface area (Å²) in [6.07, 6.45) is 0. The lowest BCUT2D eigenvalue weighted by Crippen LogP contribution is -2.21. The van der Waals surface area contributed by atoms with E-state index in [-0.39, 0.29) is 0 Å². The molecule has 1 radical (unpaired) electrons. The monoisotopic (exact) mass is 482 g/mol. The van der Waals surface area contributed by atoms with Gasteiger partial charge in [0.2, 0.25) is 0 Å². The third-order valence-electron chi connectivity index (χ3n) is 8.26. The molecule has 2 heterocycles. The van der Waals surface area contributed by atoms with Crippen molar-refractivity contribution in [3.63, 3.8) is 0 Å². The minimum Gasteiger partial charge on any atom is -0.308 e. The smallest absolute Gasteiger partial charge is 0.0792 e. The molecule has 7 rings (SSSR count).